The molecule has 0 spiro atoms. The minimum atomic E-state index is -1.15. The van der Waals surface area contributed by atoms with Crippen LogP contribution in [0.1, 0.15) is 40.2 Å². The molecule has 0 amide bonds. The molecule has 2 aliphatic rings. The number of aromatic carboxylic acids is 1. The second kappa shape index (κ2) is 11.9. The lowest BCUT2D eigenvalue weighted by Gasteiger charge is -2.29. The molecule has 1 atom stereocenters. The quantitative estimate of drug-likeness (QED) is 0.229. The van der Waals surface area contributed by atoms with Crippen molar-refractivity contribution in [2.45, 2.75) is 38.6 Å². The molecule has 0 bridgehead atoms. The summed E-state index contributed by atoms with van der Waals surface area (Å²) >= 11 is 0. The van der Waals surface area contributed by atoms with Crippen LogP contribution < -0.4 is 4.74 Å². The Morgan fingerprint density at radius 1 is 1.14 bits per heavy atom. The summed E-state index contributed by atoms with van der Waals surface area (Å²) in [5, 5.41) is 9.48. The summed E-state index contributed by atoms with van der Waals surface area (Å²) in [5.74, 6) is -3.40. The smallest absolute Gasteiger partial charge is 0.335 e. The molecule has 6 rings (SSSR count). The van der Waals surface area contributed by atoms with E-state index in [1.54, 1.807) is 18.2 Å². The predicted molar refractivity (Wildman–Crippen MR) is 152 cm³/mol. The van der Waals surface area contributed by atoms with E-state index in [1.165, 1.54) is 18.2 Å². The minimum absolute atomic E-state index is 0.0527. The lowest BCUT2D eigenvalue weighted by molar-refractivity contribution is -0.0591. The number of rotatable bonds is 9. The maximum Gasteiger partial charge on any atom is 0.335 e. The van der Waals surface area contributed by atoms with Gasteiger partial charge in [0.1, 0.15) is 18.2 Å². The number of ether oxygens (including phenoxy) is 2. The van der Waals surface area contributed by atoms with Crippen molar-refractivity contribution in [1.82, 2.24) is 14.5 Å². The van der Waals surface area contributed by atoms with Crippen LogP contribution in [-0.4, -0.2) is 51.3 Å². The molecule has 0 unspecified atom stereocenters. The summed E-state index contributed by atoms with van der Waals surface area (Å²) in [7, 11) is 0. The van der Waals surface area contributed by atoms with Gasteiger partial charge in [0, 0.05) is 25.3 Å². The van der Waals surface area contributed by atoms with Crippen LogP contribution in [0, 0.1) is 24.0 Å². The average molecular weight is 589 g/mol. The van der Waals surface area contributed by atoms with Crippen molar-refractivity contribution < 1.29 is 32.5 Å². The molecular formula is C32H27F3N4O4. The number of hydrogen-bond acceptors (Lipinski definition) is 5. The van der Waals surface area contributed by atoms with Crippen LogP contribution in [0.5, 0.6) is 5.75 Å². The zero-order valence-electron chi connectivity index (χ0n) is 23.0. The van der Waals surface area contributed by atoms with E-state index >= 15 is 0 Å². The van der Waals surface area contributed by atoms with Gasteiger partial charge in [0.05, 0.1) is 42.4 Å². The Hall–Kier alpha value is -4.66. The van der Waals surface area contributed by atoms with Gasteiger partial charge in [-0.25, -0.2) is 23.4 Å². The van der Waals surface area contributed by atoms with E-state index in [0.29, 0.717) is 50.3 Å². The van der Waals surface area contributed by atoms with Crippen molar-refractivity contribution in [2.24, 2.45) is 0 Å². The van der Waals surface area contributed by atoms with Gasteiger partial charge in [-0.2, -0.15) is 4.39 Å². The largest absolute Gasteiger partial charge is 0.486 e. The molecule has 1 saturated heterocycles. The van der Waals surface area contributed by atoms with E-state index < -0.39 is 23.4 Å². The number of aromatic nitrogens is 2. The first-order chi connectivity index (χ1) is 20.8. The van der Waals surface area contributed by atoms with Crippen molar-refractivity contribution in [1.29, 1.82) is 0 Å². The van der Waals surface area contributed by atoms with Crippen molar-refractivity contribution in [3.8, 4) is 5.75 Å². The average Bonchev–Trinajstić information content (AvgIpc) is 3.32. The molecule has 43 heavy (non-hydrogen) atoms. The van der Waals surface area contributed by atoms with Crippen LogP contribution in [-0.2, 0) is 24.4 Å². The lowest BCUT2D eigenvalue weighted by Crippen LogP contribution is -2.33. The second-order valence-corrected chi connectivity index (χ2v) is 10.6. The van der Waals surface area contributed by atoms with Gasteiger partial charge in [0.25, 0.3) is 0 Å². The third kappa shape index (κ3) is 5.98. The number of halogens is 3. The normalized spacial score (nSPS) is 16.9. The third-order valence-electron chi connectivity index (χ3n) is 7.83. The van der Waals surface area contributed by atoms with E-state index in [9.17, 15) is 23.1 Å². The van der Waals surface area contributed by atoms with Crippen LogP contribution in [0.25, 0.3) is 21.5 Å². The molecular weight excluding hydrogens is 561 g/mol. The SMILES string of the molecule is [C-]#[N+]c1ccc(COc2cc(C3=CCN(Cc4nc5ccc(C(=O)O)cc5n4C[C@@H]4CCO4)CC3)cc(F)c2F)c(F)c1. The molecule has 3 heterocycles. The number of hydrogen-bond donors (Lipinski definition) is 1. The molecule has 0 radical (unpaired) electrons. The zero-order valence-corrected chi connectivity index (χ0v) is 23.0. The minimum Gasteiger partial charge on any atom is -0.486 e. The van der Waals surface area contributed by atoms with Crippen LogP contribution in [0.15, 0.2) is 54.6 Å². The van der Waals surface area contributed by atoms with Crippen molar-refractivity contribution >= 4 is 28.3 Å². The fourth-order valence-electron chi connectivity index (χ4n) is 5.31. The number of benzene rings is 3. The maximum atomic E-state index is 14.6. The first-order valence-corrected chi connectivity index (χ1v) is 13.8. The topological polar surface area (TPSA) is 81.2 Å². The van der Waals surface area contributed by atoms with Gasteiger partial charge in [0.15, 0.2) is 17.3 Å². The maximum absolute atomic E-state index is 14.6. The molecule has 11 heteroatoms. The fourth-order valence-corrected chi connectivity index (χ4v) is 5.31. The van der Waals surface area contributed by atoms with Gasteiger partial charge in [-0.3, -0.25) is 4.90 Å². The summed E-state index contributed by atoms with van der Waals surface area (Å²) in [5.41, 5.74) is 3.22. The van der Waals surface area contributed by atoms with Crippen molar-refractivity contribution in [3.63, 3.8) is 0 Å². The summed E-state index contributed by atoms with van der Waals surface area (Å²) in [6, 6.07) is 11.3. The van der Waals surface area contributed by atoms with Gasteiger partial charge in [0.2, 0.25) is 5.82 Å². The Labute approximate surface area is 245 Å². The third-order valence-corrected chi connectivity index (χ3v) is 7.83. The predicted octanol–water partition coefficient (Wildman–Crippen LogP) is 6.36. The molecule has 0 aliphatic carbocycles. The molecule has 1 fully saturated rings. The highest BCUT2D eigenvalue weighted by molar-refractivity contribution is 5.92. The summed E-state index contributed by atoms with van der Waals surface area (Å²) < 4.78 is 56.5. The van der Waals surface area contributed by atoms with Crippen LogP contribution in [0.3, 0.4) is 0 Å². The van der Waals surface area contributed by atoms with Gasteiger partial charge < -0.3 is 19.1 Å². The van der Waals surface area contributed by atoms with Crippen LogP contribution >= 0.6 is 0 Å². The second-order valence-electron chi connectivity index (χ2n) is 10.6. The highest BCUT2D eigenvalue weighted by Crippen LogP contribution is 2.31. The molecule has 4 aromatic rings. The van der Waals surface area contributed by atoms with E-state index in [2.05, 4.69) is 9.74 Å². The Bertz CT molecular complexity index is 1790. The fraction of sp³-hybridized carbons (Fsp3) is 0.281. The molecule has 2 aliphatic heterocycles. The number of nitrogens with zero attached hydrogens (tertiary/aromatic N) is 4. The highest BCUT2D eigenvalue weighted by atomic mass is 19.2. The molecule has 3 aromatic carbocycles. The first-order valence-electron chi connectivity index (χ1n) is 13.8. The van der Waals surface area contributed by atoms with Crippen molar-refractivity contribution in [3.05, 3.63) is 106 Å². The van der Waals surface area contributed by atoms with Gasteiger partial charge in [-0.05, 0) is 60.4 Å². The van der Waals surface area contributed by atoms with Crippen LogP contribution in [0.2, 0.25) is 0 Å². The Kier molecular flexibility index (Phi) is 7.88. The summed E-state index contributed by atoms with van der Waals surface area (Å²) in [4.78, 5) is 21.7. The molecule has 0 saturated carbocycles. The molecule has 1 aromatic heterocycles. The van der Waals surface area contributed by atoms with E-state index in [-0.39, 0.29) is 35.3 Å². The first kappa shape index (κ1) is 28.5. The van der Waals surface area contributed by atoms with E-state index in [4.69, 9.17) is 21.0 Å². The Morgan fingerprint density at radius 2 is 1.98 bits per heavy atom. The number of carboxylic acids is 1. The number of fused-ring (bicyclic) bond motifs is 1. The Balaban J connectivity index is 1.18. The standard InChI is InChI=1S/C32H27F3N4O4/c1-36-23-4-2-21(25(33)15-23)18-43-29-14-22(12-26(34)31(29)35)19-6-9-38(10-7-19)17-30-37-27-5-3-20(32(40)41)13-28(27)39(30)16-24-8-11-42-24/h2-6,12-15,24H,7-11,16-18H2,(H,40,41)/t24-/m0/s1. The van der Waals surface area contributed by atoms with E-state index in [1.807, 2.05) is 10.6 Å². The number of imidazole rings is 1. The zero-order chi connectivity index (χ0) is 30.1. The van der Waals surface area contributed by atoms with Crippen molar-refractivity contribution in [2.75, 3.05) is 19.7 Å². The van der Waals surface area contributed by atoms with Gasteiger partial charge in [-0.15, -0.1) is 0 Å². The lowest BCUT2D eigenvalue weighted by atomic mass is 9.99. The Morgan fingerprint density at radius 3 is 2.65 bits per heavy atom. The van der Waals surface area contributed by atoms with Gasteiger partial charge >= 0.3 is 5.97 Å². The summed E-state index contributed by atoms with van der Waals surface area (Å²) in [6.45, 7) is 9.61. The van der Waals surface area contributed by atoms with E-state index in [0.717, 1.165) is 35.5 Å². The summed E-state index contributed by atoms with van der Waals surface area (Å²) in [6.07, 6.45) is 3.49. The van der Waals surface area contributed by atoms with Gasteiger partial charge in [-0.1, -0.05) is 18.2 Å². The number of carboxylic acid groups (broad SMARTS) is 1. The number of carbonyl (C=O) groups is 1. The highest BCUT2D eigenvalue weighted by Gasteiger charge is 2.24. The molecule has 1 N–H and O–H groups in total. The monoisotopic (exact) mass is 588 g/mol. The van der Waals surface area contributed by atoms with Crippen LogP contribution in [0.4, 0.5) is 18.9 Å². The molecule has 220 valence electrons. The molecule has 8 nitrogen and oxygen atoms in total.